The Labute approximate surface area is 170 Å². The number of rotatable bonds is 6. The van der Waals surface area contributed by atoms with Crippen molar-refractivity contribution in [2.75, 3.05) is 46.2 Å². The van der Waals surface area contributed by atoms with Crippen LogP contribution in [0.3, 0.4) is 0 Å². The molecule has 1 fully saturated rings. The van der Waals surface area contributed by atoms with Gasteiger partial charge in [-0.05, 0) is 37.6 Å². The number of hydrogen-bond donors (Lipinski definition) is 0. The van der Waals surface area contributed by atoms with E-state index in [1.807, 2.05) is 32.0 Å². The summed E-state index contributed by atoms with van der Waals surface area (Å²) in [5.41, 5.74) is 1.58. The molecule has 1 amide bonds. The molecule has 1 saturated heterocycles. The summed E-state index contributed by atoms with van der Waals surface area (Å²) in [6.45, 7) is 5.36. The molecule has 0 aromatic heterocycles. The van der Waals surface area contributed by atoms with Gasteiger partial charge in [-0.25, -0.2) is 0 Å². The fraction of sp³-hybridized carbons (Fsp3) is 0.526. The van der Waals surface area contributed by atoms with Crippen LogP contribution in [0.25, 0.3) is 0 Å². The first-order valence-electron chi connectivity index (χ1n) is 8.75. The third-order valence-corrected chi connectivity index (χ3v) is 5.91. The molecule has 1 aromatic rings. The average Bonchev–Trinajstić information content (AvgIpc) is 2.64. The van der Waals surface area contributed by atoms with E-state index in [2.05, 4.69) is 0 Å². The van der Waals surface area contributed by atoms with Crippen molar-refractivity contribution in [1.29, 1.82) is 0 Å². The summed E-state index contributed by atoms with van der Waals surface area (Å²) in [5.74, 6) is 1.11. The van der Waals surface area contributed by atoms with Crippen molar-refractivity contribution in [2.45, 2.75) is 20.0 Å². The Hall–Kier alpha value is -1.64. The Morgan fingerprint density at radius 2 is 2.15 bits per heavy atom. The van der Waals surface area contributed by atoms with E-state index in [9.17, 15) is 9.59 Å². The van der Waals surface area contributed by atoms with Crippen molar-refractivity contribution in [3.8, 4) is 5.75 Å². The van der Waals surface area contributed by atoms with Crippen molar-refractivity contribution in [2.24, 2.45) is 0 Å². The van der Waals surface area contributed by atoms with Gasteiger partial charge in [0.2, 0.25) is 5.91 Å². The molecule has 0 bridgehead atoms. The lowest BCUT2D eigenvalue weighted by atomic mass is 10.1. The minimum Gasteiger partial charge on any atom is -0.491 e. The number of carbonyl (C=O) groups is 2. The lowest BCUT2D eigenvalue weighted by molar-refractivity contribution is -0.137. The largest absolute Gasteiger partial charge is 0.491 e. The Balaban J connectivity index is 1.84. The highest BCUT2D eigenvalue weighted by molar-refractivity contribution is 8.23. The molecule has 1 aliphatic heterocycles. The number of hydrogen-bond acceptors (Lipinski definition) is 6. The zero-order valence-electron chi connectivity index (χ0n) is 16.2. The van der Waals surface area contributed by atoms with Crippen LogP contribution < -0.4 is 4.74 Å². The van der Waals surface area contributed by atoms with Gasteiger partial charge in [-0.3, -0.25) is 9.59 Å². The molecule has 2 rings (SSSR count). The number of thiocarbonyl (C=S) groups is 1. The number of Topliss-reactive ketones (excluding diaryl/α,β-unsaturated/α-hetero) is 1. The van der Waals surface area contributed by atoms with Crippen LogP contribution in [0.4, 0.5) is 0 Å². The van der Waals surface area contributed by atoms with Crippen molar-refractivity contribution >= 4 is 40.0 Å². The molecular formula is C19H26N2O4S2. The molecule has 0 spiro atoms. The summed E-state index contributed by atoms with van der Waals surface area (Å²) >= 11 is 6.57. The molecule has 6 nitrogen and oxygen atoms in total. The first kappa shape index (κ1) is 21.7. The van der Waals surface area contributed by atoms with Gasteiger partial charge in [-0.15, -0.1) is 0 Å². The Bertz CT molecular complexity index is 709. The topological polar surface area (TPSA) is 59.1 Å². The second kappa shape index (κ2) is 10.1. The maximum atomic E-state index is 12.4. The summed E-state index contributed by atoms with van der Waals surface area (Å²) in [6, 6.07) is 5.41. The highest BCUT2D eigenvalue weighted by Crippen LogP contribution is 2.19. The highest BCUT2D eigenvalue weighted by Gasteiger charge is 2.25. The van der Waals surface area contributed by atoms with Crippen LogP contribution in [0, 0.1) is 6.92 Å². The number of morpholine rings is 1. The first-order chi connectivity index (χ1) is 12.8. The first-order valence-corrected chi connectivity index (χ1v) is 10.1. The van der Waals surface area contributed by atoms with Gasteiger partial charge in [0.1, 0.15) is 22.8 Å². The second-order valence-electron chi connectivity index (χ2n) is 6.63. The molecule has 1 unspecified atom stereocenters. The van der Waals surface area contributed by atoms with Gasteiger partial charge < -0.3 is 19.3 Å². The highest BCUT2D eigenvalue weighted by atomic mass is 32.2. The van der Waals surface area contributed by atoms with Crippen LogP contribution in [0.5, 0.6) is 5.75 Å². The number of amides is 1. The maximum absolute atomic E-state index is 12.4. The van der Waals surface area contributed by atoms with Crippen LogP contribution in [0.2, 0.25) is 0 Å². The predicted octanol–water partition coefficient (Wildman–Crippen LogP) is 2.38. The molecule has 0 aliphatic carbocycles. The van der Waals surface area contributed by atoms with Crippen LogP contribution in [0.15, 0.2) is 18.2 Å². The summed E-state index contributed by atoms with van der Waals surface area (Å²) in [6.07, 6.45) is -0.179. The number of nitrogens with zero attached hydrogens (tertiary/aromatic N) is 2. The lowest BCUT2D eigenvalue weighted by Crippen LogP contribution is -2.48. The van der Waals surface area contributed by atoms with Crippen LogP contribution in [0.1, 0.15) is 22.8 Å². The molecule has 0 N–H and O–H groups in total. The SMILES string of the molecule is CC(=O)c1ccc(OCC2CN(C(=O)CSC(=S)N(C)C)CCO2)cc1C. The summed E-state index contributed by atoms with van der Waals surface area (Å²) in [5, 5.41) is 0. The zero-order valence-corrected chi connectivity index (χ0v) is 17.8. The Kier molecular flexibility index (Phi) is 8.07. The number of ketones is 1. The monoisotopic (exact) mass is 410 g/mol. The Morgan fingerprint density at radius 1 is 1.41 bits per heavy atom. The fourth-order valence-electron chi connectivity index (χ4n) is 2.70. The third kappa shape index (κ3) is 6.48. The normalized spacial score (nSPS) is 16.7. The van der Waals surface area contributed by atoms with Gasteiger partial charge >= 0.3 is 0 Å². The third-order valence-electron chi connectivity index (χ3n) is 4.19. The summed E-state index contributed by atoms with van der Waals surface area (Å²) < 4.78 is 12.2. The maximum Gasteiger partial charge on any atom is 0.233 e. The van der Waals surface area contributed by atoms with Gasteiger partial charge in [0.25, 0.3) is 0 Å². The molecule has 1 heterocycles. The quantitative estimate of drug-likeness (QED) is 0.527. The summed E-state index contributed by atoms with van der Waals surface area (Å²) in [7, 11) is 3.74. The van der Waals surface area contributed by atoms with Crippen LogP contribution in [-0.2, 0) is 9.53 Å². The van der Waals surface area contributed by atoms with Gasteiger partial charge in [0.15, 0.2) is 5.78 Å². The minimum atomic E-state index is -0.179. The molecule has 27 heavy (non-hydrogen) atoms. The molecule has 0 radical (unpaired) electrons. The van der Waals surface area contributed by atoms with E-state index in [1.165, 1.54) is 11.8 Å². The zero-order chi connectivity index (χ0) is 20.0. The van der Waals surface area contributed by atoms with Crippen molar-refractivity contribution < 1.29 is 19.1 Å². The van der Waals surface area contributed by atoms with Gasteiger partial charge in [-0.1, -0.05) is 24.0 Å². The van der Waals surface area contributed by atoms with E-state index in [0.717, 1.165) is 5.56 Å². The number of aryl methyl sites for hydroxylation is 1. The standard InChI is InChI=1S/C19H26N2O4S2/c1-13-9-15(5-6-17(13)14(2)22)25-11-16-10-21(7-8-24-16)18(23)12-27-19(26)20(3)4/h5-6,9,16H,7-8,10-12H2,1-4H3. The van der Waals surface area contributed by atoms with Crippen LogP contribution >= 0.6 is 24.0 Å². The van der Waals surface area contributed by atoms with Gasteiger partial charge in [0.05, 0.1) is 18.9 Å². The number of benzene rings is 1. The van der Waals surface area contributed by atoms with E-state index in [-0.39, 0.29) is 17.8 Å². The van der Waals surface area contributed by atoms with Crippen molar-refractivity contribution in [1.82, 2.24) is 9.80 Å². The molecule has 1 atom stereocenters. The molecule has 148 valence electrons. The lowest BCUT2D eigenvalue weighted by Gasteiger charge is -2.33. The summed E-state index contributed by atoms with van der Waals surface area (Å²) in [4.78, 5) is 27.5. The number of ether oxygens (including phenoxy) is 2. The van der Waals surface area contributed by atoms with E-state index < -0.39 is 0 Å². The van der Waals surface area contributed by atoms with Gasteiger partial charge in [-0.2, -0.15) is 0 Å². The average molecular weight is 411 g/mol. The van der Waals surface area contributed by atoms with Crippen molar-refractivity contribution in [3.63, 3.8) is 0 Å². The number of carbonyl (C=O) groups excluding carboxylic acids is 2. The molecule has 8 heteroatoms. The molecule has 1 aromatic carbocycles. The molecular weight excluding hydrogens is 384 g/mol. The predicted molar refractivity (Wildman–Crippen MR) is 112 cm³/mol. The fourth-order valence-corrected chi connectivity index (χ4v) is 3.57. The minimum absolute atomic E-state index is 0.0374. The van der Waals surface area contributed by atoms with Crippen molar-refractivity contribution in [3.05, 3.63) is 29.3 Å². The second-order valence-corrected chi connectivity index (χ2v) is 8.23. The number of thioether (sulfide) groups is 1. The molecule has 1 aliphatic rings. The van der Waals surface area contributed by atoms with Gasteiger partial charge in [0, 0.05) is 26.2 Å². The van der Waals surface area contributed by atoms with E-state index in [0.29, 0.717) is 47.7 Å². The Morgan fingerprint density at radius 3 is 2.78 bits per heavy atom. The van der Waals surface area contributed by atoms with E-state index in [1.54, 1.807) is 24.0 Å². The molecule has 0 saturated carbocycles. The van der Waals surface area contributed by atoms with Crippen LogP contribution in [-0.4, -0.2) is 78.1 Å². The van der Waals surface area contributed by atoms with E-state index in [4.69, 9.17) is 21.7 Å². The van der Waals surface area contributed by atoms with E-state index >= 15 is 0 Å². The smallest absolute Gasteiger partial charge is 0.233 e.